The molecule has 0 radical (unpaired) electrons. The molecule has 1 aliphatic rings. The number of anilines is 1. The summed E-state index contributed by atoms with van der Waals surface area (Å²) in [5.74, 6) is -0.0166. The van der Waals surface area contributed by atoms with Crippen molar-refractivity contribution >= 4 is 46.0 Å². The van der Waals surface area contributed by atoms with E-state index in [2.05, 4.69) is 55.7 Å². The number of piperazine rings is 1. The fourth-order valence-corrected chi connectivity index (χ4v) is 5.46. The molecular formula is C29H33N5O2S. The summed E-state index contributed by atoms with van der Waals surface area (Å²) in [5, 5.41) is 22.8. The molecule has 2 aromatic carbocycles. The lowest BCUT2D eigenvalue weighted by Gasteiger charge is -2.34. The molecule has 8 heteroatoms. The van der Waals surface area contributed by atoms with Gasteiger partial charge in [0, 0.05) is 55.2 Å². The molecule has 2 aromatic heterocycles. The molecular weight excluding hydrogens is 482 g/mol. The minimum atomic E-state index is -0.0166. The third-order valence-corrected chi connectivity index (χ3v) is 7.67. The molecule has 0 atom stereocenters. The lowest BCUT2D eigenvalue weighted by Crippen LogP contribution is -2.46. The second-order valence-corrected chi connectivity index (χ2v) is 10.6. The molecule has 4 aromatic rings. The van der Waals surface area contributed by atoms with Crippen LogP contribution in [0.1, 0.15) is 27.3 Å². The third-order valence-electron chi connectivity index (χ3n) is 6.80. The quantitative estimate of drug-likeness (QED) is 0.308. The van der Waals surface area contributed by atoms with Gasteiger partial charge in [0.1, 0.15) is 0 Å². The summed E-state index contributed by atoms with van der Waals surface area (Å²) in [4.78, 5) is 18.4. The van der Waals surface area contributed by atoms with Crippen LogP contribution in [0.3, 0.4) is 0 Å². The summed E-state index contributed by atoms with van der Waals surface area (Å²) in [6.07, 6.45) is 4.49. The number of aromatic amines is 1. The number of nitrogens with one attached hydrogen (secondary N) is 2. The van der Waals surface area contributed by atoms with E-state index in [4.69, 9.17) is 5.11 Å². The molecule has 1 amide bonds. The molecule has 1 aliphatic heterocycles. The average Bonchev–Trinajstić information content (AvgIpc) is 3.54. The summed E-state index contributed by atoms with van der Waals surface area (Å²) >= 11 is 1.59. The molecule has 0 spiro atoms. The molecule has 192 valence electrons. The molecule has 0 bridgehead atoms. The second kappa shape index (κ2) is 11.8. The first-order valence-electron chi connectivity index (χ1n) is 12.7. The number of aliphatic hydroxyl groups excluding tert-OH is 1. The number of fused-ring (bicyclic) bond motifs is 1. The van der Waals surface area contributed by atoms with Crippen LogP contribution in [0.2, 0.25) is 0 Å². The molecule has 3 heterocycles. The number of hydrogen-bond donors (Lipinski definition) is 3. The van der Waals surface area contributed by atoms with Crippen molar-refractivity contribution in [1.29, 1.82) is 0 Å². The fraction of sp³-hybridized carbons (Fsp3) is 0.310. The number of β-amino-alcohol motifs (C(OH)–C–C–N with tert-alkyl or cyclic N) is 1. The van der Waals surface area contributed by atoms with Crippen LogP contribution in [-0.2, 0) is 17.8 Å². The van der Waals surface area contributed by atoms with Crippen LogP contribution in [-0.4, -0.2) is 70.3 Å². The number of aromatic nitrogens is 2. The largest absolute Gasteiger partial charge is 0.395 e. The standard InChI is InChI=1S/C29H33N5O2S/c1-21-16-28-25(19-27(21)30-29(36)18-24-6-3-15-37-24)26(31-32-28)8-7-22-4-2-5-23(17-22)20-34-11-9-33(10-12-34)13-14-35/h2-8,15-17,19,35H,9-14,18,20H2,1H3,(H,30,36)(H,31,32)/b8-7+. The summed E-state index contributed by atoms with van der Waals surface area (Å²) in [6, 6.07) is 16.6. The second-order valence-electron chi connectivity index (χ2n) is 9.55. The van der Waals surface area contributed by atoms with Crippen LogP contribution in [0.4, 0.5) is 5.69 Å². The van der Waals surface area contributed by atoms with Crippen LogP contribution in [0, 0.1) is 6.92 Å². The smallest absolute Gasteiger partial charge is 0.229 e. The first-order valence-corrected chi connectivity index (χ1v) is 13.6. The number of rotatable bonds is 9. The van der Waals surface area contributed by atoms with E-state index in [1.54, 1.807) is 11.3 Å². The van der Waals surface area contributed by atoms with Crippen molar-refractivity contribution in [3.05, 3.63) is 81.2 Å². The highest BCUT2D eigenvalue weighted by atomic mass is 32.1. The lowest BCUT2D eigenvalue weighted by atomic mass is 10.1. The number of hydrogen-bond acceptors (Lipinski definition) is 6. The highest BCUT2D eigenvalue weighted by Gasteiger charge is 2.16. The van der Waals surface area contributed by atoms with E-state index >= 15 is 0 Å². The first-order chi connectivity index (χ1) is 18.1. The number of benzene rings is 2. The average molecular weight is 516 g/mol. The highest BCUT2D eigenvalue weighted by molar-refractivity contribution is 7.10. The predicted octanol–water partition coefficient (Wildman–Crippen LogP) is 4.39. The SMILES string of the molecule is Cc1cc2[nH]nc(/C=C/c3cccc(CN4CCN(CCO)CC4)c3)c2cc1NC(=O)Cc1cccs1. The molecule has 0 unspecified atom stereocenters. The normalized spacial score (nSPS) is 15.1. The number of thiophene rings is 1. The van der Waals surface area contributed by atoms with Gasteiger partial charge in [-0.05, 0) is 53.3 Å². The Morgan fingerprint density at radius 1 is 1.11 bits per heavy atom. The van der Waals surface area contributed by atoms with Crippen LogP contribution in [0.15, 0.2) is 53.9 Å². The van der Waals surface area contributed by atoms with Gasteiger partial charge in [-0.2, -0.15) is 5.10 Å². The van der Waals surface area contributed by atoms with Crippen molar-refractivity contribution in [1.82, 2.24) is 20.0 Å². The van der Waals surface area contributed by atoms with E-state index in [1.165, 1.54) is 5.56 Å². The number of aliphatic hydroxyl groups is 1. The molecule has 7 nitrogen and oxygen atoms in total. The van der Waals surface area contributed by atoms with E-state index in [9.17, 15) is 4.79 Å². The monoisotopic (exact) mass is 515 g/mol. The molecule has 1 saturated heterocycles. The van der Waals surface area contributed by atoms with Crippen LogP contribution >= 0.6 is 11.3 Å². The molecule has 37 heavy (non-hydrogen) atoms. The van der Waals surface area contributed by atoms with Crippen molar-refractivity contribution in [2.24, 2.45) is 0 Å². The zero-order chi connectivity index (χ0) is 25.6. The minimum Gasteiger partial charge on any atom is -0.395 e. The van der Waals surface area contributed by atoms with Gasteiger partial charge in [0.2, 0.25) is 5.91 Å². The van der Waals surface area contributed by atoms with E-state index in [0.29, 0.717) is 6.42 Å². The predicted molar refractivity (Wildman–Crippen MR) is 152 cm³/mol. The maximum atomic E-state index is 12.6. The maximum absolute atomic E-state index is 12.6. The van der Waals surface area contributed by atoms with Gasteiger partial charge in [0.25, 0.3) is 0 Å². The van der Waals surface area contributed by atoms with Gasteiger partial charge >= 0.3 is 0 Å². The summed E-state index contributed by atoms with van der Waals surface area (Å²) in [6.45, 7) is 7.95. The van der Waals surface area contributed by atoms with E-state index in [0.717, 1.165) is 77.6 Å². The van der Waals surface area contributed by atoms with E-state index in [1.807, 2.05) is 42.6 Å². The summed E-state index contributed by atoms with van der Waals surface area (Å²) in [7, 11) is 0. The molecule has 5 rings (SSSR count). The number of amides is 1. The molecule has 0 saturated carbocycles. The van der Waals surface area contributed by atoms with E-state index < -0.39 is 0 Å². The first kappa shape index (κ1) is 25.4. The highest BCUT2D eigenvalue weighted by Crippen LogP contribution is 2.26. The van der Waals surface area contributed by atoms with Crippen molar-refractivity contribution < 1.29 is 9.90 Å². The maximum Gasteiger partial charge on any atom is 0.229 e. The van der Waals surface area contributed by atoms with Gasteiger partial charge in [0.15, 0.2) is 0 Å². The van der Waals surface area contributed by atoms with Crippen LogP contribution in [0.25, 0.3) is 23.1 Å². The van der Waals surface area contributed by atoms with E-state index in [-0.39, 0.29) is 12.5 Å². The van der Waals surface area contributed by atoms with Crippen molar-refractivity contribution in [2.75, 3.05) is 44.6 Å². The van der Waals surface area contributed by atoms with Crippen molar-refractivity contribution in [3.63, 3.8) is 0 Å². The minimum absolute atomic E-state index is 0.0166. The topological polar surface area (TPSA) is 84.5 Å². The van der Waals surface area contributed by atoms with Crippen LogP contribution in [0.5, 0.6) is 0 Å². The van der Waals surface area contributed by atoms with Gasteiger partial charge < -0.3 is 10.4 Å². The third kappa shape index (κ3) is 6.53. The van der Waals surface area contributed by atoms with Crippen molar-refractivity contribution in [2.45, 2.75) is 19.9 Å². The number of carbonyl (C=O) groups excluding carboxylic acids is 1. The zero-order valence-corrected chi connectivity index (χ0v) is 21.9. The summed E-state index contributed by atoms with van der Waals surface area (Å²) in [5.41, 5.74) is 6.01. The molecule has 1 fully saturated rings. The van der Waals surface area contributed by atoms with Gasteiger partial charge in [0.05, 0.1) is 24.2 Å². The number of H-pyrrole nitrogens is 1. The van der Waals surface area contributed by atoms with Crippen LogP contribution < -0.4 is 5.32 Å². The Morgan fingerprint density at radius 3 is 2.73 bits per heavy atom. The Bertz CT molecular complexity index is 1370. The molecule has 0 aliphatic carbocycles. The van der Waals surface area contributed by atoms with Gasteiger partial charge in [-0.3, -0.25) is 19.7 Å². The number of aryl methyl sites for hydroxylation is 1. The lowest BCUT2D eigenvalue weighted by molar-refractivity contribution is -0.115. The number of carbonyl (C=O) groups is 1. The van der Waals surface area contributed by atoms with Gasteiger partial charge in [-0.25, -0.2) is 0 Å². The Hall–Kier alpha value is -3.30. The Labute approximate surface area is 221 Å². The van der Waals surface area contributed by atoms with Gasteiger partial charge in [-0.1, -0.05) is 36.4 Å². The summed E-state index contributed by atoms with van der Waals surface area (Å²) < 4.78 is 0. The Kier molecular flexibility index (Phi) is 8.11. The fourth-order valence-electron chi connectivity index (χ4n) is 4.76. The molecule has 3 N–H and O–H groups in total. The zero-order valence-electron chi connectivity index (χ0n) is 21.1. The Balaban J connectivity index is 1.26. The number of nitrogens with zero attached hydrogens (tertiary/aromatic N) is 3. The Morgan fingerprint density at radius 2 is 1.95 bits per heavy atom. The van der Waals surface area contributed by atoms with Crippen molar-refractivity contribution in [3.8, 4) is 0 Å². The van der Waals surface area contributed by atoms with Gasteiger partial charge in [-0.15, -0.1) is 11.3 Å².